The van der Waals surface area contributed by atoms with Gasteiger partial charge >= 0.3 is 17.9 Å². The quantitative estimate of drug-likeness (QED) is 0.0283. The summed E-state index contributed by atoms with van der Waals surface area (Å²) in [6.45, 7) is 4.62. The van der Waals surface area contributed by atoms with Gasteiger partial charge in [0, 0.05) is 19.3 Å². The number of carboxylic acid groups (broad SMARTS) is 1. The lowest BCUT2D eigenvalue weighted by Crippen LogP contribution is -2.50. The minimum absolute atomic E-state index is 0.0550. The van der Waals surface area contributed by atoms with E-state index in [1.165, 1.54) is 109 Å². The lowest BCUT2D eigenvalue weighted by Gasteiger charge is -2.31. The summed E-state index contributed by atoms with van der Waals surface area (Å²) >= 11 is 0. The molecule has 0 aromatic carbocycles. The second-order valence-corrected chi connectivity index (χ2v) is 17.3. The Morgan fingerprint density at radius 3 is 1.43 bits per heavy atom. The molecule has 0 amide bonds. The topological polar surface area (TPSA) is 99.1 Å². The number of carbonyl (C=O) groups excluding carboxylic acids is 2. The van der Waals surface area contributed by atoms with E-state index < -0.39 is 18.1 Å². The maximum absolute atomic E-state index is 12.7. The fourth-order valence-electron chi connectivity index (χ4n) is 7.07. The van der Waals surface area contributed by atoms with Gasteiger partial charge in [-0.15, -0.1) is 0 Å². The van der Waals surface area contributed by atoms with Crippen LogP contribution in [0.3, 0.4) is 0 Å². The third-order valence-corrected chi connectivity index (χ3v) is 10.8. The van der Waals surface area contributed by atoms with Crippen molar-refractivity contribution in [3.05, 3.63) is 36.5 Å². The second kappa shape index (κ2) is 41.3. The molecule has 0 heterocycles. The van der Waals surface area contributed by atoms with Gasteiger partial charge in [0.15, 0.2) is 12.1 Å². The van der Waals surface area contributed by atoms with Crippen LogP contribution in [0.4, 0.5) is 0 Å². The SMILES string of the molecule is CC/C=C/C/C=C/CCCCCCCC(=O)OC(COCCC(C(=O)O)[N+](C)(C)C)COC(=O)CCCCCCCCC/C=C/CCCCCCCCCCCCC. The summed E-state index contributed by atoms with van der Waals surface area (Å²) in [5.74, 6) is -1.49. The average Bonchev–Trinajstić information content (AvgIpc) is 3.18. The molecule has 8 heteroatoms. The summed E-state index contributed by atoms with van der Waals surface area (Å²) in [6, 6.07) is -0.617. The molecule has 1 N–H and O–H groups in total. The van der Waals surface area contributed by atoms with Gasteiger partial charge < -0.3 is 23.8 Å². The number of nitrogens with zero attached hydrogens (tertiary/aromatic N) is 1. The smallest absolute Gasteiger partial charge is 0.362 e. The predicted molar refractivity (Wildman–Crippen MR) is 243 cm³/mol. The number of esters is 2. The molecule has 0 rings (SSSR count). The highest BCUT2D eigenvalue weighted by molar-refractivity contribution is 5.72. The van der Waals surface area contributed by atoms with Crippen LogP contribution in [-0.4, -0.2) is 80.6 Å². The molecule has 0 aromatic heterocycles. The zero-order chi connectivity index (χ0) is 42.8. The Balaban J connectivity index is 4.21. The van der Waals surface area contributed by atoms with Crippen LogP contribution in [0.15, 0.2) is 36.5 Å². The first-order chi connectivity index (χ1) is 28.1. The Kier molecular flexibility index (Phi) is 39.5. The van der Waals surface area contributed by atoms with E-state index in [0.29, 0.717) is 19.3 Å². The van der Waals surface area contributed by atoms with E-state index in [4.69, 9.17) is 14.2 Å². The lowest BCUT2D eigenvalue weighted by atomic mass is 10.0. The maximum atomic E-state index is 12.7. The lowest BCUT2D eigenvalue weighted by molar-refractivity contribution is -0.887. The normalized spacial score (nSPS) is 13.2. The van der Waals surface area contributed by atoms with Gasteiger partial charge in [0.1, 0.15) is 6.61 Å². The number of aliphatic carboxylic acids is 1. The largest absolute Gasteiger partial charge is 0.477 e. The van der Waals surface area contributed by atoms with E-state index >= 15 is 0 Å². The number of ether oxygens (including phenoxy) is 3. The third-order valence-electron chi connectivity index (χ3n) is 10.8. The second-order valence-electron chi connectivity index (χ2n) is 17.3. The van der Waals surface area contributed by atoms with Crippen LogP contribution in [0.1, 0.15) is 213 Å². The summed E-state index contributed by atoms with van der Waals surface area (Å²) in [6.07, 6.45) is 47.7. The Hall–Kier alpha value is -2.45. The van der Waals surface area contributed by atoms with Crippen LogP contribution < -0.4 is 0 Å². The molecule has 0 fully saturated rings. The molecule has 2 unspecified atom stereocenters. The highest BCUT2D eigenvalue weighted by Gasteiger charge is 2.31. The summed E-state index contributed by atoms with van der Waals surface area (Å²) in [5.41, 5.74) is 0. The van der Waals surface area contributed by atoms with Crippen LogP contribution >= 0.6 is 0 Å². The summed E-state index contributed by atoms with van der Waals surface area (Å²) < 4.78 is 17.3. The first-order valence-electron chi connectivity index (χ1n) is 24.0. The van der Waals surface area contributed by atoms with Crippen molar-refractivity contribution >= 4 is 17.9 Å². The van der Waals surface area contributed by atoms with Gasteiger partial charge in [-0.3, -0.25) is 9.59 Å². The maximum Gasteiger partial charge on any atom is 0.362 e. The first kappa shape index (κ1) is 55.5. The van der Waals surface area contributed by atoms with Crippen LogP contribution in [-0.2, 0) is 28.6 Å². The number of quaternary nitrogens is 1. The van der Waals surface area contributed by atoms with Crippen molar-refractivity contribution in [3.8, 4) is 0 Å². The van der Waals surface area contributed by atoms with E-state index in [0.717, 1.165) is 70.6 Å². The van der Waals surface area contributed by atoms with Crippen molar-refractivity contribution in [2.75, 3.05) is 41.0 Å². The van der Waals surface area contributed by atoms with Crippen LogP contribution in [0.2, 0.25) is 0 Å². The van der Waals surface area contributed by atoms with Gasteiger partial charge in [-0.1, -0.05) is 166 Å². The van der Waals surface area contributed by atoms with Crippen molar-refractivity contribution in [1.82, 2.24) is 0 Å². The van der Waals surface area contributed by atoms with E-state index in [-0.39, 0.29) is 36.2 Å². The minimum atomic E-state index is -0.878. The van der Waals surface area contributed by atoms with Crippen molar-refractivity contribution in [2.24, 2.45) is 0 Å². The minimum Gasteiger partial charge on any atom is -0.477 e. The molecule has 0 saturated heterocycles. The van der Waals surface area contributed by atoms with Gasteiger partial charge in [0.05, 0.1) is 34.4 Å². The van der Waals surface area contributed by atoms with Gasteiger partial charge in [0.25, 0.3) is 0 Å². The number of likely N-dealkylation sites (N-methyl/N-ethyl adjacent to an activating group) is 1. The number of hydrogen-bond acceptors (Lipinski definition) is 6. The summed E-state index contributed by atoms with van der Waals surface area (Å²) in [5, 5.41) is 9.62. The Morgan fingerprint density at radius 1 is 0.534 bits per heavy atom. The molecule has 0 aliphatic rings. The average molecular weight is 819 g/mol. The van der Waals surface area contributed by atoms with Crippen LogP contribution in [0, 0.1) is 0 Å². The van der Waals surface area contributed by atoms with Crippen molar-refractivity contribution < 1.29 is 38.2 Å². The summed E-state index contributed by atoms with van der Waals surface area (Å²) in [4.78, 5) is 37.0. The Labute approximate surface area is 357 Å². The molecule has 58 heavy (non-hydrogen) atoms. The molecular weight excluding hydrogens is 727 g/mol. The zero-order valence-corrected chi connectivity index (χ0v) is 38.5. The number of unbranched alkanes of at least 4 members (excludes halogenated alkanes) is 23. The fourth-order valence-corrected chi connectivity index (χ4v) is 7.07. The first-order valence-corrected chi connectivity index (χ1v) is 24.0. The molecule has 0 saturated carbocycles. The molecule has 0 aromatic rings. The number of carbonyl (C=O) groups is 3. The van der Waals surface area contributed by atoms with Crippen LogP contribution in [0.25, 0.3) is 0 Å². The molecule has 338 valence electrons. The van der Waals surface area contributed by atoms with Gasteiger partial charge in [-0.25, -0.2) is 4.79 Å². The monoisotopic (exact) mass is 819 g/mol. The molecule has 0 aliphatic heterocycles. The fraction of sp³-hybridized carbons (Fsp3) is 0.820. The zero-order valence-electron chi connectivity index (χ0n) is 38.5. The highest BCUT2D eigenvalue weighted by atomic mass is 16.6. The molecule has 0 radical (unpaired) electrons. The third kappa shape index (κ3) is 39.0. The standard InChI is InChI=1S/C50H91NO7/c1-6-8-10-12-14-16-18-20-21-22-23-24-25-26-27-28-29-31-32-34-36-38-40-48(52)57-45-46(44-56-43-42-47(50(54)55)51(3,4)5)58-49(53)41-39-37-35-33-30-19-17-15-13-11-9-7-2/h9,11,15,17,25-26,46-47H,6-8,10,12-14,16,18-24,27-45H2,1-5H3/p+1/b11-9+,17-15+,26-25+. The molecular formula is C50H92NO7+. The van der Waals surface area contributed by atoms with E-state index in [9.17, 15) is 19.5 Å². The Morgan fingerprint density at radius 2 is 0.966 bits per heavy atom. The van der Waals surface area contributed by atoms with E-state index in [1.807, 2.05) is 21.1 Å². The number of carboxylic acids is 1. The number of allylic oxidation sites excluding steroid dienone is 6. The van der Waals surface area contributed by atoms with Gasteiger partial charge in [-0.2, -0.15) is 0 Å². The molecule has 0 aliphatic carbocycles. The van der Waals surface area contributed by atoms with Gasteiger partial charge in [0.2, 0.25) is 0 Å². The molecule has 2 atom stereocenters. The van der Waals surface area contributed by atoms with E-state index in [2.05, 4.69) is 50.3 Å². The predicted octanol–water partition coefficient (Wildman–Crippen LogP) is 13.4. The van der Waals surface area contributed by atoms with Crippen molar-refractivity contribution in [3.63, 3.8) is 0 Å². The van der Waals surface area contributed by atoms with Gasteiger partial charge in [-0.05, 0) is 64.2 Å². The molecule has 8 nitrogen and oxygen atoms in total. The van der Waals surface area contributed by atoms with E-state index in [1.54, 1.807) is 0 Å². The summed E-state index contributed by atoms with van der Waals surface area (Å²) in [7, 11) is 5.52. The highest BCUT2D eigenvalue weighted by Crippen LogP contribution is 2.15. The number of hydrogen-bond donors (Lipinski definition) is 1. The van der Waals surface area contributed by atoms with Crippen molar-refractivity contribution in [1.29, 1.82) is 0 Å². The van der Waals surface area contributed by atoms with Crippen molar-refractivity contribution in [2.45, 2.75) is 225 Å². The van der Waals surface area contributed by atoms with Crippen LogP contribution in [0.5, 0.6) is 0 Å². The molecule has 0 bridgehead atoms. The molecule has 0 spiro atoms. The Bertz CT molecular complexity index is 1050. The number of rotatable bonds is 43.